The molecule has 0 aliphatic carbocycles. The highest BCUT2D eigenvalue weighted by atomic mass is 16.6. The molecule has 0 saturated heterocycles. The van der Waals surface area contributed by atoms with Gasteiger partial charge in [0.15, 0.2) is 0 Å². The zero-order valence-corrected chi connectivity index (χ0v) is 14.3. The Kier molecular flexibility index (Phi) is 15.7. The lowest BCUT2D eigenvalue weighted by Gasteiger charge is -2.14. The molecule has 1 atom stereocenters. The number of carboxylic acids is 1. The summed E-state index contributed by atoms with van der Waals surface area (Å²) in [4.78, 5) is 22.7. The molecule has 142 valence electrons. The average molecular weight is 350 g/mol. The predicted octanol–water partition coefficient (Wildman–Crippen LogP) is -0.619. The van der Waals surface area contributed by atoms with E-state index in [0.717, 1.165) is 6.42 Å². The number of methoxy groups -OCH3 is 1. The SMILES string of the molecule is COCCOCCOCCOCC(=O)N[C@@H](CCCCN)C(=O)O. The Balaban J connectivity index is 3.57. The molecule has 0 aliphatic rings. The summed E-state index contributed by atoms with van der Waals surface area (Å²) in [5, 5.41) is 11.5. The first-order valence-corrected chi connectivity index (χ1v) is 8.06. The van der Waals surface area contributed by atoms with Crippen molar-refractivity contribution in [1.82, 2.24) is 5.32 Å². The molecule has 0 aliphatic heterocycles. The van der Waals surface area contributed by atoms with Gasteiger partial charge in [0, 0.05) is 7.11 Å². The van der Waals surface area contributed by atoms with Crippen LogP contribution in [0.5, 0.6) is 0 Å². The van der Waals surface area contributed by atoms with Crippen LogP contribution in [0.15, 0.2) is 0 Å². The fourth-order valence-electron chi connectivity index (χ4n) is 1.73. The molecule has 4 N–H and O–H groups in total. The van der Waals surface area contributed by atoms with Crippen LogP contribution in [0.3, 0.4) is 0 Å². The summed E-state index contributed by atoms with van der Waals surface area (Å²) in [6, 6.07) is -0.909. The van der Waals surface area contributed by atoms with Gasteiger partial charge in [-0.05, 0) is 25.8 Å². The number of nitrogens with one attached hydrogen (secondary N) is 1. The zero-order chi connectivity index (χ0) is 18.0. The van der Waals surface area contributed by atoms with Gasteiger partial charge in [0.2, 0.25) is 5.91 Å². The van der Waals surface area contributed by atoms with Gasteiger partial charge in [0.25, 0.3) is 0 Å². The number of amides is 1. The molecule has 9 nitrogen and oxygen atoms in total. The van der Waals surface area contributed by atoms with Crippen LogP contribution >= 0.6 is 0 Å². The molecule has 1 amide bonds. The molecule has 0 radical (unpaired) electrons. The molecular weight excluding hydrogens is 320 g/mol. The molecule has 0 aromatic carbocycles. The Morgan fingerprint density at radius 1 is 1.00 bits per heavy atom. The van der Waals surface area contributed by atoms with Crippen molar-refractivity contribution < 1.29 is 33.6 Å². The summed E-state index contributed by atoms with van der Waals surface area (Å²) in [7, 11) is 1.60. The zero-order valence-electron chi connectivity index (χ0n) is 14.3. The third-order valence-corrected chi connectivity index (χ3v) is 2.99. The third kappa shape index (κ3) is 14.3. The maximum atomic E-state index is 11.6. The standard InChI is InChI=1S/C15H30N2O7/c1-21-6-7-22-8-9-23-10-11-24-12-14(18)17-13(15(19)20)4-2-3-5-16/h13H,2-12,16H2,1H3,(H,17,18)(H,19,20)/t13-/m0/s1. The number of carboxylic acid groups (broad SMARTS) is 1. The number of unbranched alkanes of at least 4 members (excludes halogenated alkanes) is 1. The quantitative estimate of drug-likeness (QED) is 0.296. The summed E-state index contributed by atoms with van der Waals surface area (Å²) in [5.41, 5.74) is 5.36. The second kappa shape index (κ2) is 16.6. The van der Waals surface area contributed by atoms with E-state index in [9.17, 15) is 9.59 Å². The van der Waals surface area contributed by atoms with Gasteiger partial charge < -0.3 is 35.1 Å². The maximum Gasteiger partial charge on any atom is 0.326 e. The highest BCUT2D eigenvalue weighted by Crippen LogP contribution is 2.00. The summed E-state index contributed by atoms with van der Waals surface area (Å²) >= 11 is 0. The number of ether oxygens (including phenoxy) is 4. The van der Waals surface area contributed by atoms with Gasteiger partial charge in [-0.2, -0.15) is 0 Å². The highest BCUT2D eigenvalue weighted by molar-refractivity contribution is 5.84. The monoisotopic (exact) mass is 350 g/mol. The molecule has 0 saturated carbocycles. The Morgan fingerprint density at radius 2 is 1.58 bits per heavy atom. The third-order valence-electron chi connectivity index (χ3n) is 2.99. The molecular formula is C15H30N2O7. The van der Waals surface area contributed by atoms with E-state index in [1.807, 2.05) is 0 Å². The van der Waals surface area contributed by atoms with Crippen LogP contribution in [0.25, 0.3) is 0 Å². The molecule has 0 fully saturated rings. The normalized spacial score (nSPS) is 12.1. The van der Waals surface area contributed by atoms with Crippen molar-refractivity contribution in [3.63, 3.8) is 0 Å². The first-order chi connectivity index (χ1) is 11.6. The van der Waals surface area contributed by atoms with Crippen molar-refractivity contribution in [3.8, 4) is 0 Å². The summed E-state index contributed by atoms with van der Waals surface area (Å²) in [6.45, 7) is 2.84. The number of hydrogen-bond donors (Lipinski definition) is 3. The molecule has 0 aromatic heterocycles. The van der Waals surface area contributed by atoms with Crippen molar-refractivity contribution in [2.24, 2.45) is 5.73 Å². The predicted molar refractivity (Wildman–Crippen MR) is 86.8 cm³/mol. The average Bonchev–Trinajstić information content (AvgIpc) is 2.55. The fraction of sp³-hybridized carbons (Fsp3) is 0.867. The molecule has 0 aromatic rings. The maximum absolute atomic E-state index is 11.6. The smallest absolute Gasteiger partial charge is 0.326 e. The Morgan fingerprint density at radius 3 is 2.12 bits per heavy atom. The van der Waals surface area contributed by atoms with Crippen LogP contribution in [-0.4, -0.2) is 82.9 Å². The van der Waals surface area contributed by atoms with Crippen molar-refractivity contribution >= 4 is 11.9 Å². The Hall–Kier alpha value is -1.26. The van der Waals surface area contributed by atoms with E-state index in [1.54, 1.807) is 7.11 Å². The fourth-order valence-corrected chi connectivity index (χ4v) is 1.73. The van der Waals surface area contributed by atoms with E-state index in [-0.39, 0.29) is 13.2 Å². The second-order valence-corrected chi connectivity index (χ2v) is 5.01. The molecule has 0 unspecified atom stereocenters. The van der Waals surface area contributed by atoms with E-state index in [0.29, 0.717) is 52.4 Å². The van der Waals surface area contributed by atoms with Gasteiger partial charge in [-0.25, -0.2) is 4.79 Å². The topological polar surface area (TPSA) is 129 Å². The first-order valence-electron chi connectivity index (χ1n) is 8.06. The number of nitrogens with two attached hydrogens (primary N) is 1. The van der Waals surface area contributed by atoms with E-state index >= 15 is 0 Å². The van der Waals surface area contributed by atoms with E-state index in [4.69, 9.17) is 29.8 Å². The minimum Gasteiger partial charge on any atom is -0.480 e. The minimum atomic E-state index is -1.06. The summed E-state index contributed by atoms with van der Waals surface area (Å²) < 4.78 is 20.4. The molecule has 24 heavy (non-hydrogen) atoms. The van der Waals surface area contributed by atoms with Gasteiger partial charge in [-0.15, -0.1) is 0 Å². The van der Waals surface area contributed by atoms with Gasteiger partial charge in [-0.3, -0.25) is 4.79 Å². The van der Waals surface area contributed by atoms with Gasteiger partial charge in [0.1, 0.15) is 12.6 Å². The number of rotatable bonds is 17. The largest absolute Gasteiger partial charge is 0.480 e. The van der Waals surface area contributed by atoms with Gasteiger partial charge >= 0.3 is 5.97 Å². The van der Waals surface area contributed by atoms with Crippen LogP contribution < -0.4 is 11.1 Å². The van der Waals surface area contributed by atoms with Crippen molar-refractivity contribution in [1.29, 1.82) is 0 Å². The summed E-state index contributed by atoms with van der Waals surface area (Å²) in [6.07, 6.45) is 1.72. The minimum absolute atomic E-state index is 0.200. The van der Waals surface area contributed by atoms with E-state index in [2.05, 4.69) is 5.32 Å². The number of hydrogen-bond acceptors (Lipinski definition) is 7. The molecule has 0 heterocycles. The number of aliphatic carboxylic acids is 1. The van der Waals surface area contributed by atoms with Crippen molar-refractivity contribution in [2.45, 2.75) is 25.3 Å². The van der Waals surface area contributed by atoms with Crippen LogP contribution in [0.1, 0.15) is 19.3 Å². The van der Waals surface area contributed by atoms with Crippen LogP contribution in [0.4, 0.5) is 0 Å². The van der Waals surface area contributed by atoms with Gasteiger partial charge in [0.05, 0.1) is 39.6 Å². The van der Waals surface area contributed by atoms with Crippen molar-refractivity contribution in [2.75, 3.05) is 59.9 Å². The molecule has 0 rings (SSSR count). The summed E-state index contributed by atoms with van der Waals surface area (Å²) in [5.74, 6) is -1.52. The Labute approximate surface area is 142 Å². The Bertz CT molecular complexity index is 329. The van der Waals surface area contributed by atoms with E-state index < -0.39 is 17.9 Å². The van der Waals surface area contributed by atoms with Crippen LogP contribution in [-0.2, 0) is 28.5 Å². The molecule has 0 bridgehead atoms. The number of carbonyl (C=O) groups is 2. The molecule has 9 heteroatoms. The lowest BCUT2D eigenvalue weighted by atomic mass is 10.1. The van der Waals surface area contributed by atoms with Crippen LogP contribution in [0, 0.1) is 0 Å². The second-order valence-electron chi connectivity index (χ2n) is 5.01. The lowest BCUT2D eigenvalue weighted by Crippen LogP contribution is -2.42. The van der Waals surface area contributed by atoms with Crippen LogP contribution in [0.2, 0.25) is 0 Å². The van der Waals surface area contributed by atoms with E-state index in [1.165, 1.54) is 0 Å². The lowest BCUT2D eigenvalue weighted by molar-refractivity contribution is -0.142. The highest BCUT2D eigenvalue weighted by Gasteiger charge is 2.19. The number of carbonyl (C=O) groups excluding carboxylic acids is 1. The van der Waals surface area contributed by atoms with Crippen molar-refractivity contribution in [3.05, 3.63) is 0 Å². The molecule has 0 spiro atoms. The first kappa shape index (κ1) is 22.7. The van der Waals surface area contributed by atoms with Gasteiger partial charge in [-0.1, -0.05) is 0 Å².